The fraction of sp³-hybridized carbons (Fsp3) is 0.312. The van der Waals surface area contributed by atoms with Crippen molar-refractivity contribution in [2.24, 2.45) is 0 Å². The number of nitrogens with one attached hydrogen (secondary N) is 1. The van der Waals surface area contributed by atoms with E-state index in [2.05, 4.69) is 15.3 Å². The van der Waals surface area contributed by atoms with Crippen LogP contribution < -0.4 is 5.32 Å². The smallest absolute Gasteiger partial charge is 0.271 e. The Morgan fingerprint density at radius 2 is 1.95 bits per heavy atom. The van der Waals surface area contributed by atoms with Crippen LogP contribution in [0.15, 0.2) is 36.7 Å². The summed E-state index contributed by atoms with van der Waals surface area (Å²) in [5, 5.41) is 2.85. The number of hydrogen-bond acceptors (Lipinski definition) is 4. The number of nitrogens with zero attached hydrogens (tertiary/aromatic N) is 2. The van der Waals surface area contributed by atoms with Crippen LogP contribution in [0.25, 0.3) is 0 Å². The Morgan fingerprint density at radius 3 is 2.62 bits per heavy atom. The third kappa shape index (κ3) is 4.36. The molecule has 0 aliphatic carbocycles. The number of amides is 1. The van der Waals surface area contributed by atoms with Crippen molar-refractivity contribution in [1.29, 1.82) is 0 Å². The van der Waals surface area contributed by atoms with Crippen molar-refractivity contribution in [3.63, 3.8) is 0 Å². The van der Waals surface area contributed by atoms with E-state index in [-0.39, 0.29) is 5.91 Å². The van der Waals surface area contributed by atoms with Crippen molar-refractivity contribution < 1.29 is 9.53 Å². The molecule has 2 aromatic rings. The SMILES string of the molecule is CCOCc1ccccc1CNC(=O)c1cnc(C)cn1. The fourth-order valence-electron chi connectivity index (χ4n) is 1.86. The van der Waals surface area contributed by atoms with Crippen molar-refractivity contribution >= 4 is 5.91 Å². The molecular formula is C16H19N3O2. The first-order chi connectivity index (χ1) is 10.2. The molecule has 1 N–H and O–H groups in total. The number of rotatable bonds is 6. The normalized spacial score (nSPS) is 10.4. The highest BCUT2D eigenvalue weighted by Gasteiger charge is 2.08. The lowest BCUT2D eigenvalue weighted by atomic mass is 10.1. The van der Waals surface area contributed by atoms with Crippen molar-refractivity contribution in [3.05, 3.63) is 59.2 Å². The van der Waals surface area contributed by atoms with E-state index < -0.39 is 0 Å². The van der Waals surface area contributed by atoms with Crippen LogP contribution in [-0.4, -0.2) is 22.5 Å². The summed E-state index contributed by atoms with van der Waals surface area (Å²) in [5.74, 6) is -0.228. The second-order valence-corrected chi connectivity index (χ2v) is 4.63. The van der Waals surface area contributed by atoms with E-state index in [0.717, 1.165) is 16.8 Å². The van der Waals surface area contributed by atoms with E-state index in [0.29, 0.717) is 25.5 Å². The molecule has 0 saturated carbocycles. The van der Waals surface area contributed by atoms with E-state index in [9.17, 15) is 4.79 Å². The van der Waals surface area contributed by atoms with Gasteiger partial charge in [-0.15, -0.1) is 0 Å². The summed E-state index contributed by atoms with van der Waals surface area (Å²) >= 11 is 0. The number of ether oxygens (including phenoxy) is 1. The van der Waals surface area contributed by atoms with Gasteiger partial charge in [0, 0.05) is 19.3 Å². The molecule has 0 bridgehead atoms. The van der Waals surface area contributed by atoms with Crippen molar-refractivity contribution in [2.45, 2.75) is 27.0 Å². The average Bonchev–Trinajstić information content (AvgIpc) is 2.52. The molecule has 0 atom stereocenters. The van der Waals surface area contributed by atoms with Crippen LogP contribution >= 0.6 is 0 Å². The van der Waals surface area contributed by atoms with Crippen LogP contribution in [0.1, 0.15) is 34.2 Å². The molecule has 21 heavy (non-hydrogen) atoms. The Morgan fingerprint density at radius 1 is 1.19 bits per heavy atom. The lowest BCUT2D eigenvalue weighted by molar-refractivity contribution is 0.0944. The van der Waals surface area contributed by atoms with E-state index in [4.69, 9.17) is 4.74 Å². The second kappa shape index (κ2) is 7.50. The van der Waals surface area contributed by atoms with E-state index in [1.54, 1.807) is 6.20 Å². The lowest BCUT2D eigenvalue weighted by Crippen LogP contribution is -2.24. The molecule has 5 heteroatoms. The van der Waals surface area contributed by atoms with Crippen LogP contribution in [0.3, 0.4) is 0 Å². The highest BCUT2D eigenvalue weighted by atomic mass is 16.5. The molecule has 110 valence electrons. The summed E-state index contributed by atoms with van der Waals surface area (Å²) in [6.07, 6.45) is 3.06. The Bertz CT molecular complexity index is 597. The predicted octanol–water partition coefficient (Wildman–Crippen LogP) is 2.25. The van der Waals surface area contributed by atoms with Crippen molar-refractivity contribution in [3.8, 4) is 0 Å². The maximum atomic E-state index is 12.0. The molecule has 1 aromatic heterocycles. The lowest BCUT2D eigenvalue weighted by Gasteiger charge is -2.10. The summed E-state index contributed by atoms with van der Waals surface area (Å²) in [5.41, 5.74) is 3.23. The number of benzene rings is 1. The van der Waals surface area contributed by atoms with Gasteiger partial charge >= 0.3 is 0 Å². The minimum absolute atomic E-state index is 0.228. The summed E-state index contributed by atoms with van der Waals surface area (Å²) in [4.78, 5) is 20.1. The van der Waals surface area contributed by atoms with Crippen molar-refractivity contribution in [2.75, 3.05) is 6.61 Å². The number of aryl methyl sites for hydroxylation is 1. The van der Waals surface area contributed by atoms with Gasteiger partial charge in [-0.3, -0.25) is 9.78 Å². The van der Waals surface area contributed by atoms with E-state index in [1.165, 1.54) is 6.20 Å². The monoisotopic (exact) mass is 285 g/mol. The molecule has 2 rings (SSSR count). The maximum Gasteiger partial charge on any atom is 0.271 e. The minimum atomic E-state index is -0.228. The molecule has 1 heterocycles. The molecule has 0 spiro atoms. The number of carbonyl (C=O) groups is 1. The standard InChI is InChI=1S/C16H19N3O2/c1-3-21-11-14-7-5-4-6-13(14)9-19-16(20)15-10-17-12(2)8-18-15/h4-8,10H,3,9,11H2,1-2H3,(H,19,20). The van der Waals surface area contributed by atoms with Gasteiger partial charge in [-0.25, -0.2) is 4.98 Å². The molecule has 0 unspecified atom stereocenters. The summed E-state index contributed by atoms with van der Waals surface area (Å²) in [7, 11) is 0. The zero-order chi connectivity index (χ0) is 15.1. The Balaban J connectivity index is 1.99. The average molecular weight is 285 g/mol. The van der Waals surface area contributed by atoms with Gasteiger partial charge in [-0.2, -0.15) is 0 Å². The number of carbonyl (C=O) groups excluding carboxylic acids is 1. The van der Waals surface area contributed by atoms with Gasteiger partial charge in [-0.1, -0.05) is 24.3 Å². The first-order valence-corrected chi connectivity index (χ1v) is 6.92. The van der Waals surface area contributed by atoms with Crippen LogP contribution in [0.4, 0.5) is 0 Å². The first kappa shape index (κ1) is 15.1. The van der Waals surface area contributed by atoms with Gasteiger partial charge in [0.1, 0.15) is 5.69 Å². The van der Waals surface area contributed by atoms with Gasteiger partial charge in [0.05, 0.1) is 18.5 Å². The molecule has 0 radical (unpaired) electrons. The Hall–Kier alpha value is -2.27. The molecule has 0 aliphatic rings. The zero-order valence-electron chi connectivity index (χ0n) is 12.3. The third-order valence-electron chi connectivity index (χ3n) is 3.03. The summed E-state index contributed by atoms with van der Waals surface area (Å²) in [6.45, 7) is 5.45. The minimum Gasteiger partial charge on any atom is -0.377 e. The molecule has 5 nitrogen and oxygen atoms in total. The largest absolute Gasteiger partial charge is 0.377 e. The molecule has 0 saturated heterocycles. The summed E-state index contributed by atoms with van der Waals surface area (Å²) < 4.78 is 5.43. The number of hydrogen-bond donors (Lipinski definition) is 1. The first-order valence-electron chi connectivity index (χ1n) is 6.92. The predicted molar refractivity (Wildman–Crippen MR) is 79.7 cm³/mol. The topological polar surface area (TPSA) is 64.1 Å². The van der Waals surface area contributed by atoms with E-state index >= 15 is 0 Å². The van der Waals surface area contributed by atoms with E-state index in [1.807, 2.05) is 38.1 Å². The molecular weight excluding hydrogens is 266 g/mol. The van der Waals surface area contributed by atoms with Gasteiger partial charge in [0.15, 0.2) is 0 Å². The highest BCUT2D eigenvalue weighted by molar-refractivity contribution is 5.91. The van der Waals surface area contributed by atoms with Gasteiger partial charge in [0.25, 0.3) is 5.91 Å². The van der Waals surface area contributed by atoms with Gasteiger partial charge in [0.2, 0.25) is 0 Å². The van der Waals surface area contributed by atoms with Crippen LogP contribution in [-0.2, 0) is 17.9 Å². The molecule has 1 aromatic carbocycles. The molecule has 0 aliphatic heterocycles. The quantitative estimate of drug-likeness (QED) is 0.884. The van der Waals surface area contributed by atoms with Crippen LogP contribution in [0, 0.1) is 6.92 Å². The summed E-state index contributed by atoms with van der Waals surface area (Å²) in [6, 6.07) is 7.89. The Labute approximate surface area is 124 Å². The van der Waals surface area contributed by atoms with Crippen molar-refractivity contribution in [1.82, 2.24) is 15.3 Å². The fourth-order valence-corrected chi connectivity index (χ4v) is 1.86. The zero-order valence-corrected chi connectivity index (χ0v) is 12.3. The molecule has 0 fully saturated rings. The Kier molecular flexibility index (Phi) is 5.40. The molecule has 1 amide bonds. The van der Waals surface area contributed by atoms with Gasteiger partial charge in [-0.05, 0) is 25.0 Å². The van der Waals surface area contributed by atoms with Crippen LogP contribution in [0.2, 0.25) is 0 Å². The maximum absolute atomic E-state index is 12.0. The second-order valence-electron chi connectivity index (χ2n) is 4.63. The number of aromatic nitrogens is 2. The van der Waals surface area contributed by atoms with Gasteiger partial charge < -0.3 is 10.1 Å². The highest BCUT2D eigenvalue weighted by Crippen LogP contribution is 2.10. The third-order valence-corrected chi connectivity index (χ3v) is 3.03. The van der Waals surface area contributed by atoms with Crippen LogP contribution in [0.5, 0.6) is 0 Å².